The molecule has 5 nitrogen and oxygen atoms in total. The van der Waals surface area contributed by atoms with E-state index in [0.717, 1.165) is 32.5 Å². The molecule has 2 atom stereocenters. The molecule has 2 saturated heterocycles. The van der Waals surface area contributed by atoms with Gasteiger partial charge in [-0.3, -0.25) is 14.5 Å². The monoisotopic (exact) mass is 343 g/mol. The minimum Gasteiger partial charge on any atom is -0.350 e. The Kier molecular flexibility index (Phi) is 5.74. The predicted octanol–water partition coefficient (Wildman–Crippen LogP) is 2.02. The Morgan fingerprint density at radius 3 is 2.64 bits per heavy atom. The highest BCUT2D eigenvalue weighted by atomic mass is 16.2. The third kappa shape index (κ3) is 4.40. The smallest absolute Gasteiger partial charge is 0.243 e. The zero-order chi connectivity index (χ0) is 17.8. The summed E-state index contributed by atoms with van der Waals surface area (Å²) in [7, 11) is 0. The fourth-order valence-electron chi connectivity index (χ4n) is 3.99. The molecule has 2 aliphatic heterocycles. The lowest BCUT2D eigenvalue weighted by Crippen LogP contribution is -2.53. The van der Waals surface area contributed by atoms with E-state index in [4.69, 9.17) is 0 Å². The van der Waals surface area contributed by atoms with Crippen molar-refractivity contribution in [1.82, 2.24) is 15.1 Å². The third-order valence-corrected chi connectivity index (χ3v) is 5.21. The van der Waals surface area contributed by atoms with Crippen LogP contribution in [0.5, 0.6) is 0 Å². The molecule has 1 aromatic carbocycles. The van der Waals surface area contributed by atoms with E-state index in [1.807, 2.05) is 19.9 Å². The summed E-state index contributed by atoms with van der Waals surface area (Å²) >= 11 is 0. The van der Waals surface area contributed by atoms with Crippen molar-refractivity contribution in [3.8, 4) is 0 Å². The van der Waals surface area contributed by atoms with Gasteiger partial charge in [0.15, 0.2) is 0 Å². The number of carbonyl (C=O) groups is 2. The standard InChI is InChI=1S/C20H29N3O2/c1-15(2)19(23-11-6-9-18(23)24)20(25)21-17-10-12-22(14-17)13-16-7-4-3-5-8-16/h3-5,7-8,15,17,19H,6,9-14H2,1-2H3,(H,21,25)/t17-,19+/m0/s1. The number of hydrogen-bond acceptors (Lipinski definition) is 3. The van der Waals surface area contributed by atoms with Gasteiger partial charge in [0, 0.05) is 38.6 Å². The summed E-state index contributed by atoms with van der Waals surface area (Å²) in [6, 6.07) is 10.3. The summed E-state index contributed by atoms with van der Waals surface area (Å²) in [5, 5.41) is 3.20. The van der Waals surface area contributed by atoms with Crippen LogP contribution in [-0.2, 0) is 16.1 Å². The minimum absolute atomic E-state index is 0.0109. The number of carbonyl (C=O) groups excluding carboxylic acids is 2. The van der Waals surface area contributed by atoms with Crippen molar-refractivity contribution < 1.29 is 9.59 Å². The summed E-state index contributed by atoms with van der Waals surface area (Å²) in [5.41, 5.74) is 1.30. The molecular formula is C20H29N3O2. The lowest BCUT2D eigenvalue weighted by atomic mass is 10.0. The van der Waals surface area contributed by atoms with Crippen LogP contribution in [0.15, 0.2) is 30.3 Å². The molecule has 0 bridgehead atoms. The van der Waals surface area contributed by atoms with E-state index in [1.165, 1.54) is 5.56 Å². The molecule has 2 amide bonds. The molecule has 0 aromatic heterocycles. The van der Waals surface area contributed by atoms with Crippen LogP contribution >= 0.6 is 0 Å². The van der Waals surface area contributed by atoms with Gasteiger partial charge in [-0.05, 0) is 24.3 Å². The molecule has 0 spiro atoms. The summed E-state index contributed by atoms with van der Waals surface area (Å²) in [6.45, 7) is 7.54. The lowest BCUT2D eigenvalue weighted by Gasteiger charge is -2.31. The molecule has 25 heavy (non-hydrogen) atoms. The molecule has 1 aromatic rings. The van der Waals surface area contributed by atoms with Gasteiger partial charge in [0.05, 0.1) is 0 Å². The van der Waals surface area contributed by atoms with Crippen molar-refractivity contribution in [3.63, 3.8) is 0 Å². The van der Waals surface area contributed by atoms with Crippen molar-refractivity contribution >= 4 is 11.8 Å². The highest BCUT2D eigenvalue weighted by Crippen LogP contribution is 2.20. The topological polar surface area (TPSA) is 52.7 Å². The number of rotatable bonds is 6. The van der Waals surface area contributed by atoms with Gasteiger partial charge in [0.1, 0.15) is 6.04 Å². The normalized spacial score (nSPS) is 22.6. The SMILES string of the molecule is CC(C)[C@H](C(=O)N[C@H]1CCN(Cc2ccccc2)C1)N1CCCC1=O. The fraction of sp³-hybridized carbons (Fsp3) is 0.600. The van der Waals surface area contributed by atoms with Gasteiger partial charge in [0.2, 0.25) is 11.8 Å². The van der Waals surface area contributed by atoms with Gasteiger partial charge in [-0.1, -0.05) is 44.2 Å². The Morgan fingerprint density at radius 1 is 1.24 bits per heavy atom. The number of likely N-dealkylation sites (tertiary alicyclic amines) is 2. The molecule has 1 N–H and O–H groups in total. The van der Waals surface area contributed by atoms with Gasteiger partial charge in [-0.25, -0.2) is 0 Å². The van der Waals surface area contributed by atoms with Crippen molar-refractivity contribution in [2.45, 2.75) is 51.7 Å². The number of amides is 2. The molecular weight excluding hydrogens is 314 g/mol. The van der Waals surface area contributed by atoms with Gasteiger partial charge in [-0.15, -0.1) is 0 Å². The van der Waals surface area contributed by atoms with Crippen LogP contribution in [0, 0.1) is 5.92 Å². The fourth-order valence-corrected chi connectivity index (χ4v) is 3.99. The van der Waals surface area contributed by atoms with Crippen molar-refractivity contribution in [1.29, 1.82) is 0 Å². The largest absolute Gasteiger partial charge is 0.350 e. The van der Waals surface area contributed by atoms with E-state index in [9.17, 15) is 9.59 Å². The first-order valence-corrected chi connectivity index (χ1v) is 9.40. The Labute approximate surface area is 150 Å². The number of benzene rings is 1. The number of hydrogen-bond donors (Lipinski definition) is 1. The average molecular weight is 343 g/mol. The van der Waals surface area contributed by atoms with Crippen LogP contribution in [0.25, 0.3) is 0 Å². The molecule has 0 aliphatic carbocycles. The highest BCUT2D eigenvalue weighted by molar-refractivity contribution is 5.89. The quantitative estimate of drug-likeness (QED) is 0.860. The molecule has 5 heteroatoms. The summed E-state index contributed by atoms with van der Waals surface area (Å²) in [4.78, 5) is 29.0. The number of nitrogens with zero attached hydrogens (tertiary/aromatic N) is 2. The second-order valence-corrected chi connectivity index (χ2v) is 7.59. The Hall–Kier alpha value is -1.88. The summed E-state index contributed by atoms with van der Waals surface area (Å²) < 4.78 is 0. The minimum atomic E-state index is -0.335. The molecule has 2 fully saturated rings. The first kappa shape index (κ1) is 17.9. The molecule has 0 saturated carbocycles. The van der Waals surface area contributed by atoms with Crippen LogP contribution in [-0.4, -0.2) is 53.3 Å². The molecule has 2 heterocycles. The summed E-state index contributed by atoms with van der Waals surface area (Å²) in [6.07, 6.45) is 2.41. The van der Waals surface area contributed by atoms with Crippen LogP contribution < -0.4 is 5.32 Å². The molecule has 136 valence electrons. The maximum absolute atomic E-state index is 12.8. The zero-order valence-corrected chi connectivity index (χ0v) is 15.3. The molecule has 0 radical (unpaired) electrons. The molecule has 0 unspecified atom stereocenters. The lowest BCUT2D eigenvalue weighted by molar-refractivity contribution is -0.139. The Morgan fingerprint density at radius 2 is 2.00 bits per heavy atom. The highest BCUT2D eigenvalue weighted by Gasteiger charge is 2.36. The second-order valence-electron chi connectivity index (χ2n) is 7.59. The van der Waals surface area contributed by atoms with E-state index in [2.05, 4.69) is 34.5 Å². The first-order valence-electron chi connectivity index (χ1n) is 9.40. The van der Waals surface area contributed by atoms with E-state index in [1.54, 1.807) is 4.90 Å². The second kappa shape index (κ2) is 8.00. The van der Waals surface area contributed by atoms with Crippen LogP contribution in [0.4, 0.5) is 0 Å². The third-order valence-electron chi connectivity index (χ3n) is 5.21. The molecule has 3 rings (SSSR count). The molecule has 2 aliphatic rings. The number of nitrogens with one attached hydrogen (secondary N) is 1. The average Bonchev–Trinajstić information content (AvgIpc) is 3.18. The Bertz CT molecular complexity index is 602. The van der Waals surface area contributed by atoms with E-state index in [0.29, 0.717) is 13.0 Å². The maximum Gasteiger partial charge on any atom is 0.243 e. The maximum atomic E-state index is 12.8. The van der Waals surface area contributed by atoms with Gasteiger partial charge < -0.3 is 10.2 Å². The van der Waals surface area contributed by atoms with E-state index in [-0.39, 0.29) is 29.8 Å². The summed E-state index contributed by atoms with van der Waals surface area (Å²) in [5.74, 6) is 0.256. The van der Waals surface area contributed by atoms with E-state index >= 15 is 0 Å². The van der Waals surface area contributed by atoms with Crippen molar-refractivity contribution in [3.05, 3.63) is 35.9 Å². The van der Waals surface area contributed by atoms with Gasteiger partial charge in [-0.2, -0.15) is 0 Å². The van der Waals surface area contributed by atoms with Crippen LogP contribution in [0.2, 0.25) is 0 Å². The van der Waals surface area contributed by atoms with Gasteiger partial charge in [0.25, 0.3) is 0 Å². The van der Waals surface area contributed by atoms with Crippen molar-refractivity contribution in [2.75, 3.05) is 19.6 Å². The predicted molar refractivity (Wildman–Crippen MR) is 97.8 cm³/mol. The Balaban J connectivity index is 1.54. The van der Waals surface area contributed by atoms with E-state index < -0.39 is 0 Å². The van der Waals surface area contributed by atoms with Gasteiger partial charge >= 0.3 is 0 Å². The first-order chi connectivity index (χ1) is 12.0. The van der Waals surface area contributed by atoms with Crippen LogP contribution in [0.3, 0.4) is 0 Å². The zero-order valence-electron chi connectivity index (χ0n) is 15.3. The van der Waals surface area contributed by atoms with Crippen LogP contribution in [0.1, 0.15) is 38.7 Å². The van der Waals surface area contributed by atoms with Crippen molar-refractivity contribution in [2.24, 2.45) is 5.92 Å².